The van der Waals surface area contributed by atoms with Crippen LogP contribution in [0.25, 0.3) is 0 Å². The lowest BCUT2D eigenvalue weighted by Crippen LogP contribution is -2.19. The third-order valence-electron chi connectivity index (χ3n) is 3.18. The Morgan fingerprint density at radius 3 is 2.48 bits per heavy atom. The summed E-state index contributed by atoms with van der Waals surface area (Å²) in [5, 5.41) is 13.9. The predicted molar refractivity (Wildman–Crippen MR) is 99.8 cm³/mol. The van der Waals surface area contributed by atoms with Crippen molar-refractivity contribution in [1.29, 1.82) is 0 Å². The van der Waals surface area contributed by atoms with E-state index in [0.717, 1.165) is 12.0 Å². The molecule has 0 saturated carbocycles. The number of rotatable bonds is 7. The van der Waals surface area contributed by atoms with Crippen LogP contribution in [0.15, 0.2) is 41.5 Å². The van der Waals surface area contributed by atoms with E-state index in [9.17, 15) is 9.90 Å². The van der Waals surface area contributed by atoms with Crippen LogP contribution in [0, 0.1) is 0 Å². The predicted octanol–water partition coefficient (Wildman–Crippen LogP) is 4.18. The molecule has 0 radical (unpaired) electrons. The molecule has 0 unspecified atom stereocenters. The topological polar surface area (TPSA) is 70.9 Å². The average Bonchev–Trinajstić information content (AvgIpc) is 2.56. The van der Waals surface area contributed by atoms with Crippen molar-refractivity contribution in [2.75, 3.05) is 6.61 Å². The largest absolute Gasteiger partial charge is 0.508 e. The first-order chi connectivity index (χ1) is 12.0. The molecule has 25 heavy (non-hydrogen) atoms. The number of ether oxygens (including phenoxy) is 1. The maximum Gasteiger partial charge on any atom is 0.244 e. The normalized spacial score (nSPS) is 10.8. The third kappa shape index (κ3) is 5.96. The number of hydrogen-bond donors (Lipinski definition) is 2. The van der Waals surface area contributed by atoms with Gasteiger partial charge < -0.3 is 9.84 Å². The third-order valence-corrected chi connectivity index (χ3v) is 3.74. The Bertz CT molecular complexity index is 738. The molecule has 0 fully saturated rings. The number of aromatic hydroxyl groups is 1. The highest BCUT2D eigenvalue weighted by molar-refractivity contribution is 6.37. The second kappa shape index (κ2) is 9.30. The maximum absolute atomic E-state index is 11.8. The SMILES string of the molecule is CCCOc1c(Cl)cc(/C=N\NC(=O)Cc2ccc(O)cc2)cc1Cl. The average molecular weight is 381 g/mol. The van der Waals surface area contributed by atoms with Gasteiger partial charge in [-0.2, -0.15) is 5.10 Å². The first kappa shape index (κ1) is 19.1. The first-order valence-corrected chi connectivity index (χ1v) is 8.47. The molecule has 2 aromatic carbocycles. The molecule has 1 amide bonds. The minimum Gasteiger partial charge on any atom is -0.508 e. The summed E-state index contributed by atoms with van der Waals surface area (Å²) in [4.78, 5) is 11.8. The lowest BCUT2D eigenvalue weighted by atomic mass is 10.1. The smallest absolute Gasteiger partial charge is 0.244 e. The van der Waals surface area contributed by atoms with Crippen LogP contribution in [0.2, 0.25) is 10.0 Å². The van der Waals surface area contributed by atoms with Gasteiger partial charge in [-0.25, -0.2) is 5.43 Å². The van der Waals surface area contributed by atoms with Crippen LogP contribution in [-0.2, 0) is 11.2 Å². The summed E-state index contributed by atoms with van der Waals surface area (Å²) in [7, 11) is 0. The highest BCUT2D eigenvalue weighted by Gasteiger charge is 2.09. The Labute approximate surface area is 156 Å². The van der Waals surface area contributed by atoms with E-state index in [1.54, 1.807) is 24.3 Å². The van der Waals surface area contributed by atoms with Crippen LogP contribution in [-0.4, -0.2) is 23.8 Å². The molecule has 2 N–H and O–H groups in total. The number of halogens is 2. The molecule has 0 aliphatic carbocycles. The number of nitrogens with one attached hydrogen (secondary N) is 1. The van der Waals surface area contributed by atoms with Crippen LogP contribution in [0.4, 0.5) is 0 Å². The minimum absolute atomic E-state index is 0.155. The Balaban J connectivity index is 1.95. The van der Waals surface area contributed by atoms with E-state index in [0.29, 0.717) is 28.0 Å². The Kier molecular flexibility index (Phi) is 7.10. The first-order valence-electron chi connectivity index (χ1n) is 7.71. The molecular weight excluding hydrogens is 363 g/mol. The van der Waals surface area contributed by atoms with Crippen molar-refractivity contribution in [2.24, 2.45) is 5.10 Å². The standard InChI is InChI=1S/C18H18Cl2N2O3/c1-2-7-25-18-15(19)8-13(9-16(18)20)11-21-22-17(24)10-12-3-5-14(23)6-4-12/h3-6,8-9,11,23H,2,7,10H2,1H3,(H,22,24)/b21-11-. The number of carbonyl (C=O) groups is 1. The summed E-state index contributed by atoms with van der Waals surface area (Å²) >= 11 is 12.3. The van der Waals surface area contributed by atoms with Crippen molar-refractivity contribution >= 4 is 35.3 Å². The fourth-order valence-electron chi connectivity index (χ4n) is 2.01. The quantitative estimate of drug-likeness (QED) is 0.558. The molecule has 0 bridgehead atoms. The molecule has 132 valence electrons. The van der Waals surface area contributed by atoms with E-state index in [1.165, 1.54) is 18.3 Å². The van der Waals surface area contributed by atoms with Gasteiger partial charge in [-0.15, -0.1) is 0 Å². The molecule has 2 aromatic rings. The van der Waals surface area contributed by atoms with E-state index < -0.39 is 0 Å². The van der Waals surface area contributed by atoms with E-state index in [2.05, 4.69) is 10.5 Å². The highest BCUT2D eigenvalue weighted by Crippen LogP contribution is 2.33. The summed E-state index contributed by atoms with van der Waals surface area (Å²) in [5.41, 5.74) is 3.85. The highest BCUT2D eigenvalue weighted by atomic mass is 35.5. The van der Waals surface area contributed by atoms with Gasteiger partial charge in [0, 0.05) is 0 Å². The molecule has 5 nitrogen and oxygen atoms in total. The summed E-state index contributed by atoms with van der Waals surface area (Å²) in [6.45, 7) is 2.52. The zero-order valence-electron chi connectivity index (χ0n) is 13.6. The zero-order valence-corrected chi connectivity index (χ0v) is 15.1. The lowest BCUT2D eigenvalue weighted by Gasteiger charge is -2.09. The van der Waals surface area contributed by atoms with Gasteiger partial charge >= 0.3 is 0 Å². The minimum atomic E-state index is -0.276. The van der Waals surface area contributed by atoms with Crippen molar-refractivity contribution in [3.8, 4) is 11.5 Å². The number of benzene rings is 2. The van der Waals surface area contributed by atoms with Gasteiger partial charge in [0.25, 0.3) is 0 Å². The monoisotopic (exact) mass is 380 g/mol. The number of amides is 1. The second-order valence-corrected chi connectivity index (χ2v) is 6.11. The Morgan fingerprint density at radius 1 is 1.24 bits per heavy atom. The Morgan fingerprint density at radius 2 is 1.88 bits per heavy atom. The van der Waals surface area contributed by atoms with Gasteiger partial charge in [0.05, 0.1) is 29.3 Å². The molecule has 0 aromatic heterocycles. The van der Waals surface area contributed by atoms with Crippen molar-refractivity contribution in [1.82, 2.24) is 5.43 Å². The molecule has 7 heteroatoms. The number of phenols is 1. The lowest BCUT2D eigenvalue weighted by molar-refractivity contribution is -0.120. The molecule has 0 heterocycles. The van der Waals surface area contributed by atoms with Crippen molar-refractivity contribution < 1.29 is 14.6 Å². The van der Waals surface area contributed by atoms with E-state index in [4.69, 9.17) is 27.9 Å². The molecule has 0 spiro atoms. The fourth-order valence-corrected chi connectivity index (χ4v) is 2.63. The maximum atomic E-state index is 11.8. The Hall–Kier alpha value is -2.24. The van der Waals surface area contributed by atoms with Gasteiger partial charge in [0.1, 0.15) is 5.75 Å². The van der Waals surface area contributed by atoms with Gasteiger partial charge in [-0.05, 0) is 41.8 Å². The van der Waals surface area contributed by atoms with Crippen LogP contribution < -0.4 is 10.2 Å². The fraction of sp³-hybridized carbons (Fsp3) is 0.222. The molecule has 0 atom stereocenters. The van der Waals surface area contributed by atoms with Gasteiger partial charge in [-0.1, -0.05) is 42.3 Å². The van der Waals surface area contributed by atoms with Crippen molar-refractivity contribution in [3.63, 3.8) is 0 Å². The van der Waals surface area contributed by atoms with Gasteiger partial charge in [0.15, 0.2) is 5.75 Å². The molecule has 0 saturated heterocycles. The number of nitrogens with zero attached hydrogens (tertiary/aromatic N) is 1. The van der Waals surface area contributed by atoms with Crippen LogP contribution >= 0.6 is 23.2 Å². The molecule has 2 rings (SSSR count). The number of hydrazone groups is 1. The van der Waals surface area contributed by atoms with E-state index in [-0.39, 0.29) is 18.1 Å². The van der Waals surface area contributed by atoms with Crippen LogP contribution in [0.1, 0.15) is 24.5 Å². The molecule has 0 aliphatic heterocycles. The summed E-state index contributed by atoms with van der Waals surface area (Å²) in [6.07, 6.45) is 2.46. The van der Waals surface area contributed by atoms with E-state index in [1.807, 2.05) is 6.92 Å². The van der Waals surface area contributed by atoms with Crippen molar-refractivity contribution in [3.05, 3.63) is 57.6 Å². The molecule has 0 aliphatic rings. The van der Waals surface area contributed by atoms with Gasteiger partial charge in [-0.3, -0.25) is 4.79 Å². The van der Waals surface area contributed by atoms with E-state index >= 15 is 0 Å². The number of hydrogen-bond acceptors (Lipinski definition) is 4. The summed E-state index contributed by atoms with van der Waals surface area (Å²) < 4.78 is 5.49. The number of phenolic OH excluding ortho intramolecular Hbond substituents is 1. The zero-order chi connectivity index (χ0) is 18.2. The summed E-state index contributed by atoms with van der Waals surface area (Å²) in [5.74, 6) is 0.322. The summed E-state index contributed by atoms with van der Waals surface area (Å²) in [6, 6.07) is 9.72. The second-order valence-electron chi connectivity index (χ2n) is 5.30. The van der Waals surface area contributed by atoms with Crippen LogP contribution in [0.5, 0.6) is 11.5 Å². The van der Waals surface area contributed by atoms with Crippen LogP contribution in [0.3, 0.4) is 0 Å². The number of carbonyl (C=O) groups excluding carboxylic acids is 1. The van der Waals surface area contributed by atoms with Gasteiger partial charge in [0.2, 0.25) is 5.91 Å². The van der Waals surface area contributed by atoms with Crippen molar-refractivity contribution in [2.45, 2.75) is 19.8 Å². The molecular formula is C18H18Cl2N2O3.